The molecule has 0 spiro atoms. The first-order valence-corrected chi connectivity index (χ1v) is 12.2. The zero-order valence-corrected chi connectivity index (χ0v) is 21.3. The molecule has 4 N–H and O–H groups in total. The molecule has 38 heavy (non-hydrogen) atoms. The number of nitrogens with one attached hydrogen (secondary N) is 1. The summed E-state index contributed by atoms with van der Waals surface area (Å²) in [5.41, 5.74) is 5.23. The zero-order valence-electron chi connectivity index (χ0n) is 20.6. The number of aromatic nitrogens is 2. The average Bonchev–Trinajstić information content (AvgIpc) is 3.25. The molecule has 1 aliphatic heterocycles. The molecule has 1 aliphatic rings. The summed E-state index contributed by atoms with van der Waals surface area (Å²) < 4.78 is 19.4. The highest BCUT2D eigenvalue weighted by atomic mass is 35.5. The van der Waals surface area contributed by atoms with Crippen LogP contribution in [0.1, 0.15) is 35.5 Å². The smallest absolute Gasteiger partial charge is 0.251 e. The van der Waals surface area contributed by atoms with Gasteiger partial charge in [0.15, 0.2) is 0 Å². The van der Waals surface area contributed by atoms with Crippen LogP contribution in [0.25, 0.3) is 22.2 Å². The second-order valence-electron chi connectivity index (χ2n) is 9.71. The average molecular weight is 535 g/mol. The minimum absolute atomic E-state index is 0.00649. The maximum Gasteiger partial charge on any atom is 0.251 e. The molecule has 2 atom stereocenters. The lowest BCUT2D eigenvalue weighted by molar-refractivity contribution is -0.123. The van der Waals surface area contributed by atoms with E-state index in [4.69, 9.17) is 22.1 Å². The van der Waals surface area contributed by atoms with Crippen LogP contribution in [0.2, 0.25) is 5.02 Å². The zero-order chi connectivity index (χ0) is 27.2. The van der Waals surface area contributed by atoms with Crippen molar-refractivity contribution in [2.45, 2.75) is 24.9 Å². The first kappa shape index (κ1) is 25.6. The normalized spacial score (nSPS) is 17.9. The molecule has 2 amide bonds. The van der Waals surface area contributed by atoms with Gasteiger partial charge in [-0.25, -0.2) is 9.37 Å². The lowest BCUT2D eigenvalue weighted by Gasteiger charge is -2.26. The minimum Gasteiger partial charge on any atom is -0.489 e. The number of carbonyl (C=O) groups is 2. The Morgan fingerprint density at radius 3 is 2.68 bits per heavy atom. The highest BCUT2D eigenvalue weighted by Crippen LogP contribution is 2.45. The molecule has 2 aromatic heterocycles. The highest BCUT2D eigenvalue weighted by molar-refractivity contribution is 6.35. The molecular formula is C28H24ClFN4O4. The summed E-state index contributed by atoms with van der Waals surface area (Å²) in [6.45, 7) is 2.92. The lowest BCUT2D eigenvalue weighted by atomic mass is 9.82. The molecule has 8 nitrogen and oxygen atoms in total. The standard InChI is InChI=1S/C28H24ClFN4O4/c1-27(26(31)36)14-38-24-19(27)12-21(34-23(24)15-5-7-18(30)8-6-15)28(2,37)13-33-25(35)17-10-16-4-3-9-32-22(16)20(29)11-17/h3-12,37H,13-14H2,1-2H3,(H2,31,36)(H,33,35)/t27-,28-/m0/s1. The van der Waals surface area contributed by atoms with Crippen molar-refractivity contribution in [3.05, 3.63) is 88.5 Å². The molecule has 5 rings (SSSR count). The van der Waals surface area contributed by atoms with Gasteiger partial charge in [-0.05, 0) is 62.4 Å². The number of benzene rings is 2. The summed E-state index contributed by atoms with van der Waals surface area (Å²) in [6.07, 6.45) is 1.61. The van der Waals surface area contributed by atoms with Gasteiger partial charge >= 0.3 is 0 Å². The third kappa shape index (κ3) is 4.44. The Bertz CT molecular complexity index is 1590. The fraction of sp³-hybridized carbons (Fsp3) is 0.214. The van der Waals surface area contributed by atoms with E-state index < -0.39 is 28.6 Å². The van der Waals surface area contributed by atoms with E-state index in [0.717, 1.165) is 0 Å². The van der Waals surface area contributed by atoms with Crippen LogP contribution in [0.3, 0.4) is 0 Å². The number of nitrogens with two attached hydrogens (primary N) is 1. The number of hydrogen-bond acceptors (Lipinski definition) is 6. The summed E-state index contributed by atoms with van der Waals surface area (Å²) in [5.74, 6) is -1.15. The van der Waals surface area contributed by atoms with Crippen LogP contribution < -0.4 is 15.8 Å². The lowest BCUT2D eigenvalue weighted by Crippen LogP contribution is -2.41. The second-order valence-corrected chi connectivity index (χ2v) is 10.1. The fourth-order valence-electron chi connectivity index (χ4n) is 4.39. The molecule has 0 aliphatic carbocycles. The Kier molecular flexibility index (Phi) is 6.28. The summed E-state index contributed by atoms with van der Waals surface area (Å²) in [7, 11) is 0. The van der Waals surface area contributed by atoms with Gasteiger partial charge in [0, 0.05) is 28.3 Å². The Morgan fingerprint density at radius 1 is 1.24 bits per heavy atom. The van der Waals surface area contributed by atoms with E-state index in [1.54, 1.807) is 37.4 Å². The van der Waals surface area contributed by atoms with Crippen LogP contribution in [-0.4, -0.2) is 40.0 Å². The number of halogens is 2. The molecule has 0 bridgehead atoms. The molecular weight excluding hydrogens is 511 g/mol. The number of hydrogen-bond donors (Lipinski definition) is 3. The molecule has 0 saturated heterocycles. The van der Waals surface area contributed by atoms with Gasteiger partial charge in [0.1, 0.15) is 34.9 Å². The number of fused-ring (bicyclic) bond motifs is 2. The number of ether oxygens (including phenoxy) is 1. The van der Waals surface area contributed by atoms with E-state index >= 15 is 0 Å². The molecule has 0 saturated carbocycles. The van der Waals surface area contributed by atoms with E-state index in [9.17, 15) is 19.1 Å². The van der Waals surface area contributed by atoms with E-state index in [0.29, 0.717) is 44.1 Å². The maximum absolute atomic E-state index is 13.6. The van der Waals surface area contributed by atoms with Crippen LogP contribution in [0, 0.1) is 5.82 Å². The highest BCUT2D eigenvalue weighted by Gasteiger charge is 2.45. The van der Waals surface area contributed by atoms with Crippen LogP contribution >= 0.6 is 11.6 Å². The first-order chi connectivity index (χ1) is 18.0. The van der Waals surface area contributed by atoms with Gasteiger partial charge in [0.25, 0.3) is 5.91 Å². The van der Waals surface area contributed by atoms with E-state index in [-0.39, 0.29) is 18.8 Å². The van der Waals surface area contributed by atoms with E-state index in [2.05, 4.69) is 15.3 Å². The van der Waals surface area contributed by atoms with Gasteiger partial charge in [-0.2, -0.15) is 0 Å². The first-order valence-electron chi connectivity index (χ1n) is 11.8. The Balaban J connectivity index is 1.49. The van der Waals surface area contributed by atoms with Gasteiger partial charge < -0.3 is 20.9 Å². The minimum atomic E-state index is -1.66. The van der Waals surface area contributed by atoms with E-state index in [1.165, 1.54) is 37.3 Å². The van der Waals surface area contributed by atoms with E-state index in [1.807, 2.05) is 0 Å². The number of carbonyl (C=O) groups excluding carboxylic acids is 2. The Hall–Kier alpha value is -4.08. The fourth-order valence-corrected chi connectivity index (χ4v) is 4.67. The number of aliphatic hydroxyl groups is 1. The quantitative estimate of drug-likeness (QED) is 0.345. The summed E-state index contributed by atoms with van der Waals surface area (Å²) in [4.78, 5) is 34.2. The van der Waals surface area contributed by atoms with Crippen molar-refractivity contribution in [1.82, 2.24) is 15.3 Å². The number of rotatable bonds is 6. The van der Waals surface area contributed by atoms with Crippen molar-refractivity contribution in [1.29, 1.82) is 0 Å². The molecule has 0 radical (unpaired) electrons. The Morgan fingerprint density at radius 2 is 1.97 bits per heavy atom. The molecule has 194 valence electrons. The van der Waals surface area contributed by atoms with Crippen molar-refractivity contribution in [3.8, 4) is 17.0 Å². The van der Waals surface area contributed by atoms with Crippen LogP contribution in [0.4, 0.5) is 4.39 Å². The molecule has 0 unspecified atom stereocenters. The maximum atomic E-state index is 13.6. The van der Waals surface area contributed by atoms with Crippen LogP contribution in [0.5, 0.6) is 5.75 Å². The third-order valence-corrected chi connectivity index (χ3v) is 7.09. The van der Waals surface area contributed by atoms with Crippen molar-refractivity contribution in [2.24, 2.45) is 5.73 Å². The summed E-state index contributed by atoms with van der Waals surface area (Å²) in [6, 6.07) is 13.9. The summed E-state index contributed by atoms with van der Waals surface area (Å²) in [5, 5.41) is 15.2. The molecule has 10 heteroatoms. The number of nitrogens with zero attached hydrogens (tertiary/aromatic N) is 2. The number of amides is 2. The van der Waals surface area contributed by atoms with Gasteiger partial charge in [-0.1, -0.05) is 17.7 Å². The number of primary amides is 1. The van der Waals surface area contributed by atoms with Gasteiger partial charge in [-0.3, -0.25) is 14.6 Å². The largest absolute Gasteiger partial charge is 0.489 e. The van der Waals surface area contributed by atoms with Gasteiger partial charge in [-0.15, -0.1) is 0 Å². The van der Waals surface area contributed by atoms with Crippen LogP contribution in [0.15, 0.2) is 60.8 Å². The SMILES string of the molecule is C[C@](O)(CNC(=O)c1cc(Cl)c2ncccc2c1)c1cc2c(c(-c3ccc(F)cc3)n1)OC[C@]2(C)C(N)=O. The number of pyridine rings is 2. The third-order valence-electron chi connectivity index (χ3n) is 6.80. The predicted octanol–water partition coefficient (Wildman–Crippen LogP) is 3.86. The second kappa shape index (κ2) is 9.34. The monoisotopic (exact) mass is 534 g/mol. The summed E-state index contributed by atoms with van der Waals surface area (Å²) >= 11 is 6.31. The van der Waals surface area contributed by atoms with Gasteiger partial charge in [0.2, 0.25) is 5.91 Å². The molecule has 2 aromatic carbocycles. The van der Waals surface area contributed by atoms with Crippen molar-refractivity contribution in [3.63, 3.8) is 0 Å². The molecule has 0 fully saturated rings. The van der Waals surface area contributed by atoms with Gasteiger partial charge in [0.05, 0.1) is 22.8 Å². The molecule has 4 aromatic rings. The molecule has 3 heterocycles. The van der Waals surface area contributed by atoms with Crippen molar-refractivity contribution in [2.75, 3.05) is 13.2 Å². The van der Waals surface area contributed by atoms with Crippen molar-refractivity contribution >= 4 is 34.3 Å². The van der Waals surface area contributed by atoms with Crippen molar-refractivity contribution < 1.29 is 23.8 Å². The topological polar surface area (TPSA) is 127 Å². The Labute approximate surface area is 222 Å². The van der Waals surface area contributed by atoms with Crippen LogP contribution in [-0.2, 0) is 15.8 Å². The predicted molar refractivity (Wildman–Crippen MR) is 140 cm³/mol.